The molecule has 5 heteroatoms. The molecule has 2 heterocycles. The summed E-state index contributed by atoms with van der Waals surface area (Å²) in [7, 11) is 0. The summed E-state index contributed by atoms with van der Waals surface area (Å²) in [6.45, 7) is 0. The first kappa shape index (κ1) is 18.3. The monoisotopic (exact) mass is 409 g/mol. The third-order valence-electron chi connectivity index (χ3n) is 4.78. The maximum Gasteiger partial charge on any atom is 0.226 e. The molecular formula is C25H16ClN3O. The Hall–Kier alpha value is -3.76. The molecule has 0 aliphatic rings. The van der Waals surface area contributed by atoms with Crippen molar-refractivity contribution in [2.24, 2.45) is 0 Å². The standard InChI is InChI=1S/C25H16ClN3O/c26-25-28-23(19-14-8-3-9-15-19)27-24(29-25)21-20(17-10-4-1-5-11-17)16-30-22(21)18-12-6-2-7-13-18/h1-16H. The number of nitrogens with zero attached hydrogens (tertiary/aromatic N) is 3. The molecule has 0 saturated heterocycles. The summed E-state index contributed by atoms with van der Waals surface area (Å²) in [6, 6.07) is 29.7. The van der Waals surface area contributed by atoms with Gasteiger partial charge in [0.2, 0.25) is 5.28 Å². The van der Waals surface area contributed by atoms with Gasteiger partial charge in [0.1, 0.15) is 5.76 Å². The van der Waals surface area contributed by atoms with E-state index in [9.17, 15) is 0 Å². The van der Waals surface area contributed by atoms with Crippen LogP contribution < -0.4 is 0 Å². The molecule has 0 atom stereocenters. The second kappa shape index (κ2) is 7.93. The topological polar surface area (TPSA) is 51.8 Å². The van der Waals surface area contributed by atoms with Crippen molar-refractivity contribution in [3.63, 3.8) is 0 Å². The maximum absolute atomic E-state index is 6.32. The summed E-state index contributed by atoms with van der Waals surface area (Å²) < 4.78 is 6.03. The van der Waals surface area contributed by atoms with E-state index in [1.54, 1.807) is 6.26 Å². The molecule has 0 saturated carbocycles. The lowest BCUT2D eigenvalue weighted by Gasteiger charge is -2.08. The molecule has 0 spiro atoms. The number of halogens is 1. The van der Waals surface area contributed by atoms with Gasteiger partial charge in [-0.2, -0.15) is 9.97 Å². The van der Waals surface area contributed by atoms with Crippen LogP contribution >= 0.6 is 11.6 Å². The van der Waals surface area contributed by atoms with E-state index in [2.05, 4.69) is 9.97 Å². The zero-order valence-electron chi connectivity index (χ0n) is 15.9. The van der Waals surface area contributed by atoms with Crippen LogP contribution in [0.3, 0.4) is 0 Å². The Morgan fingerprint density at radius 3 is 1.73 bits per heavy atom. The van der Waals surface area contributed by atoms with Gasteiger partial charge in [0.05, 0.1) is 11.8 Å². The smallest absolute Gasteiger partial charge is 0.226 e. The van der Waals surface area contributed by atoms with Gasteiger partial charge < -0.3 is 4.42 Å². The molecule has 30 heavy (non-hydrogen) atoms. The molecule has 0 radical (unpaired) electrons. The van der Waals surface area contributed by atoms with Gasteiger partial charge in [0, 0.05) is 16.7 Å². The van der Waals surface area contributed by atoms with Crippen LogP contribution in [0.25, 0.3) is 45.2 Å². The highest BCUT2D eigenvalue weighted by atomic mass is 35.5. The van der Waals surface area contributed by atoms with E-state index in [-0.39, 0.29) is 5.28 Å². The van der Waals surface area contributed by atoms with Crippen LogP contribution in [0.15, 0.2) is 102 Å². The predicted octanol–water partition coefficient (Wildman–Crippen LogP) is 6.79. The molecular weight excluding hydrogens is 394 g/mol. The van der Waals surface area contributed by atoms with E-state index in [1.807, 2.05) is 91.0 Å². The van der Waals surface area contributed by atoms with Crippen LogP contribution in [0.2, 0.25) is 5.28 Å². The first-order chi connectivity index (χ1) is 14.8. The lowest BCUT2D eigenvalue weighted by molar-refractivity contribution is 0.583. The van der Waals surface area contributed by atoms with E-state index in [0.29, 0.717) is 17.4 Å². The van der Waals surface area contributed by atoms with E-state index in [1.165, 1.54) is 0 Å². The minimum atomic E-state index is 0.137. The molecule has 0 fully saturated rings. The second-order valence-corrected chi connectivity index (χ2v) is 7.04. The van der Waals surface area contributed by atoms with Crippen molar-refractivity contribution in [1.29, 1.82) is 0 Å². The first-order valence-electron chi connectivity index (χ1n) is 9.49. The Morgan fingerprint density at radius 2 is 1.10 bits per heavy atom. The highest BCUT2D eigenvalue weighted by Crippen LogP contribution is 2.40. The average molecular weight is 410 g/mol. The van der Waals surface area contributed by atoms with Crippen molar-refractivity contribution in [1.82, 2.24) is 15.0 Å². The van der Waals surface area contributed by atoms with Gasteiger partial charge in [-0.1, -0.05) is 91.0 Å². The number of rotatable bonds is 4. The molecule has 0 N–H and O–H groups in total. The van der Waals surface area contributed by atoms with Crippen LogP contribution in [0.4, 0.5) is 0 Å². The summed E-state index contributed by atoms with van der Waals surface area (Å²) in [5, 5.41) is 0.137. The second-order valence-electron chi connectivity index (χ2n) is 6.70. The van der Waals surface area contributed by atoms with E-state index >= 15 is 0 Å². The quantitative estimate of drug-likeness (QED) is 0.328. The molecule has 2 aromatic heterocycles. The largest absolute Gasteiger partial charge is 0.463 e. The number of aromatic nitrogens is 3. The van der Waals surface area contributed by atoms with Gasteiger partial charge in [-0.15, -0.1) is 0 Å². The van der Waals surface area contributed by atoms with Gasteiger partial charge in [-0.25, -0.2) is 4.98 Å². The molecule has 0 aliphatic carbocycles. The van der Waals surface area contributed by atoms with E-state index in [0.717, 1.165) is 27.8 Å². The lowest BCUT2D eigenvalue weighted by atomic mass is 9.99. The molecule has 144 valence electrons. The van der Waals surface area contributed by atoms with E-state index in [4.69, 9.17) is 21.0 Å². The van der Waals surface area contributed by atoms with Crippen molar-refractivity contribution in [2.75, 3.05) is 0 Å². The molecule has 0 bridgehead atoms. The Morgan fingerprint density at radius 1 is 0.567 bits per heavy atom. The fourth-order valence-electron chi connectivity index (χ4n) is 3.39. The number of hydrogen-bond donors (Lipinski definition) is 0. The molecule has 5 rings (SSSR count). The van der Waals surface area contributed by atoms with Crippen LogP contribution in [0, 0.1) is 0 Å². The fourth-order valence-corrected chi connectivity index (χ4v) is 3.55. The highest BCUT2D eigenvalue weighted by molar-refractivity contribution is 6.28. The minimum absolute atomic E-state index is 0.137. The highest BCUT2D eigenvalue weighted by Gasteiger charge is 2.22. The third-order valence-corrected chi connectivity index (χ3v) is 4.94. The fraction of sp³-hybridized carbons (Fsp3) is 0. The normalized spacial score (nSPS) is 10.8. The summed E-state index contributed by atoms with van der Waals surface area (Å²) in [5.41, 5.74) is 4.50. The number of hydrogen-bond acceptors (Lipinski definition) is 4. The van der Waals surface area contributed by atoms with Crippen LogP contribution in [0.1, 0.15) is 0 Å². The van der Waals surface area contributed by atoms with Gasteiger partial charge in [0.15, 0.2) is 11.6 Å². The molecule has 4 nitrogen and oxygen atoms in total. The molecule has 5 aromatic rings. The van der Waals surface area contributed by atoms with Gasteiger partial charge in [0.25, 0.3) is 0 Å². The van der Waals surface area contributed by atoms with Gasteiger partial charge >= 0.3 is 0 Å². The average Bonchev–Trinajstić information content (AvgIpc) is 3.26. The molecule has 0 aliphatic heterocycles. The summed E-state index contributed by atoms with van der Waals surface area (Å²) in [5.74, 6) is 1.68. The molecule has 3 aromatic carbocycles. The number of benzene rings is 3. The Labute approximate surface area is 178 Å². The summed E-state index contributed by atoms with van der Waals surface area (Å²) in [4.78, 5) is 13.5. The SMILES string of the molecule is Clc1nc(-c2ccccc2)nc(-c2c(-c3ccccc3)coc2-c2ccccc2)n1. The van der Waals surface area contributed by atoms with Crippen LogP contribution in [0.5, 0.6) is 0 Å². The van der Waals surface area contributed by atoms with E-state index < -0.39 is 0 Å². The summed E-state index contributed by atoms with van der Waals surface area (Å²) >= 11 is 6.32. The zero-order valence-corrected chi connectivity index (χ0v) is 16.6. The summed E-state index contributed by atoms with van der Waals surface area (Å²) in [6.07, 6.45) is 1.74. The van der Waals surface area contributed by atoms with Gasteiger partial charge in [-0.3, -0.25) is 0 Å². The molecule has 0 unspecified atom stereocenters. The van der Waals surface area contributed by atoms with Gasteiger partial charge in [-0.05, 0) is 17.2 Å². The third kappa shape index (κ3) is 3.49. The predicted molar refractivity (Wildman–Crippen MR) is 119 cm³/mol. The maximum atomic E-state index is 6.32. The Bertz CT molecular complexity index is 1230. The lowest BCUT2D eigenvalue weighted by Crippen LogP contribution is -1.98. The zero-order chi connectivity index (χ0) is 20.3. The van der Waals surface area contributed by atoms with Crippen LogP contribution in [-0.2, 0) is 0 Å². The molecule has 0 amide bonds. The van der Waals surface area contributed by atoms with Crippen molar-refractivity contribution in [3.05, 3.63) is 103 Å². The van der Waals surface area contributed by atoms with Crippen molar-refractivity contribution >= 4 is 11.6 Å². The Kier molecular flexibility index (Phi) is 4.83. The Balaban J connectivity index is 1.76. The van der Waals surface area contributed by atoms with Crippen molar-refractivity contribution in [3.8, 4) is 45.2 Å². The van der Waals surface area contributed by atoms with Crippen molar-refractivity contribution < 1.29 is 4.42 Å². The van der Waals surface area contributed by atoms with Crippen molar-refractivity contribution in [2.45, 2.75) is 0 Å². The first-order valence-corrected chi connectivity index (χ1v) is 9.87. The van der Waals surface area contributed by atoms with Crippen LogP contribution in [-0.4, -0.2) is 15.0 Å². The number of furan rings is 1. The minimum Gasteiger partial charge on any atom is -0.463 e.